The summed E-state index contributed by atoms with van der Waals surface area (Å²) in [6.45, 7) is 5.28. The average Bonchev–Trinajstić information content (AvgIpc) is 2.30. The summed E-state index contributed by atoms with van der Waals surface area (Å²) in [5.74, 6) is 0.221. The number of nitrogens with two attached hydrogens (primary N) is 1. The molecule has 1 fully saturated rings. The van der Waals surface area contributed by atoms with Crippen LogP contribution in [0.3, 0.4) is 0 Å². The molecule has 0 saturated heterocycles. The molecule has 1 rings (SSSR count). The van der Waals surface area contributed by atoms with Gasteiger partial charge in [-0.05, 0) is 19.8 Å². The molecule has 0 aromatic heterocycles. The summed E-state index contributed by atoms with van der Waals surface area (Å²) in [6, 6.07) is 0.477. The van der Waals surface area contributed by atoms with Crippen LogP contribution in [0.25, 0.3) is 0 Å². The summed E-state index contributed by atoms with van der Waals surface area (Å²) in [7, 11) is 0. The van der Waals surface area contributed by atoms with Gasteiger partial charge in [-0.1, -0.05) is 26.2 Å². The van der Waals surface area contributed by atoms with Gasteiger partial charge in [0.25, 0.3) is 0 Å². The zero-order valence-electron chi connectivity index (χ0n) is 10.4. The second kappa shape index (κ2) is 7.91. The van der Waals surface area contributed by atoms with Crippen LogP contribution in [0.1, 0.15) is 46.0 Å². The minimum absolute atomic E-state index is 0. The minimum Gasteiger partial charge on any atom is -0.340 e. The molecule has 3 nitrogen and oxygen atoms in total. The predicted octanol–water partition coefficient (Wildman–Crippen LogP) is 2.18. The van der Waals surface area contributed by atoms with Crippen molar-refractivity contribution in [3.8, 4) is 0 Å². The van der Waals surface area contributed by atoms with E-state index in [4.69, 9.17) is 5.73 Å². The van der Waals surface area contributed by atoms with Crippen LogP contribution in [0.4, 0.5) is 0 Å². The molecule has 1 unspecified atom stereocenters. The van der Waals surface area contributed by atoms with Crippen LogP contribution in [0.5, 0.6) is 0 Å². The van der Waals surface area contributed by atoms with Crippen LogP contribution in [-0.2, 0) is 4.79 Å². The van der Waals surface area contributed by atoms with Crippen molar-refractivity contribution in [1.82, 2.24) is 4.90 Å². The van der Waals surface area contributed by atoms with Crippen LogP contribution < -0.4 is 5.73 Å². The summed E-state index contributed by atoms with van der Waals surface area (Å²) < 4.78 is 0. The second-order valence-electron chi connectivity index (χ2n) is 4.55. The molecule has 1 amide bonds. The Morgan fingerprint density at radius 3 is 2.38 bits per heavy atom. The molecule has 1 aliphatic carbocycles. The topological polar surface area (TPSA) is 46.3 Å². The van der Waals surface area contributed by atoms with Gasteiger partial charge in [-0.25, -0.2) is 0 Å². The zero-order chi connectivity index (χ0) is 11.3. The van der Waals surface area contributed by atoms with Gasteiger partial charge < -0.3 is 10.6 Å². The van der Waals surface area contributed by atoms with Gasteiger partial charge in [-0.2, -0.15) is 0 Å². The quantitative estimate of drug-likeness (QED) is 0.829. The van der Waals surface area contributed by atoms with E-state index in [-0.39, 0.29) is 24.2 Å². The Kier molecular flexibility index (Phi) is 7.77. The third kappa shape index (κ3) is 3.95. The summed E-state index contributed by atoms with van der Waals surface area (Å²) in [6.07, 6.45) is 6.22. The first-order valence-corrected chi connectivity index (χ1v) is 6.21. The number of hydrogen-bond acceptors (Lipinski definition) is 2. The fourth-order valence-corrected chi connectivity index (χ4v) is 2.37. The molecule has 1 aliphatic rings. The lowest BCUT2D eigenvalue weighted by Crippen LogP contribution is -2.45. The number of carbonyl (C=O) groups is 1. The highest BCUT2D eigenvalue weighted by Crippen LogP contribution is 2.23. The molecule has 96 valence electrons. The molecule has 0 aromatic rings. The van der Waals surface area contributed by atoms with Gasteiger partial charge >= 0.3 is 0 Å². The number of rotatable bonds is 4. The van der Waals surface area contributed by atoms with E-state index in [2.05, 4.69) is 6.92 Å². The largest absolute Gasteiger partial charge is 0.340 e. The maximum Gasteiger partial charge on any atom is 0.226 e. The molecule has 0 radical (unpaired) electrons. The number of carbonyl (C=O) groups excluding carboxylic acids is 1. The van der Waals surface area contributed by atoms with Crippen molar-refractivity contribution in [2.45, 2.75) is 52.0 Å². The van der Waals surface area contributed by atoms with Crippen molar-refractivity contribution in [3.63, 3.8) is 0 Å². The molecule has 1 atom stereocenters. The summed E-state index contributed by atoms with van der Waals surface area (Å²) in [5, 5.41) is 0. The van der Waals surface area contributed by atoms with E-state index in [0.29, 0.717) is 12.6 Å². The van der Waals surface area contributed by atoms with Crippen LogP contribution in [0, 0.1) is 5.92 Å². The Labute approximate surface area is 105 Å². The maximum atomic E-state index is 12.1. The molecular formula is C12H25ClN2O. The minimum atomic E-state index is -0.0214. The lowest BCUT2D eigenvalue weighted by molar-refractivity contribution is -0.137. The van der Waals surface area contributed by atoms with Gasteiger partial charge in [0.15, 0.2) is 0 Å². The van der Waals surface area contributed by atoms with E-state index < -0.39 is 0 Å². The number of hydrogen-bond donors (Lipinski definition) is 1. The Morgan fingerprint density at radius 2 is 1.94 bits per heavy atom. The lowest BCUT2D eigenvalue weighted by atomic mass is 9.93. The van der Waals surface area contributed by atoms with E-state index >= 15 is 0 Å². The first kappa shape index (κ1) is 15.7. The van der Waals surface area contributed by atoms with E-state index in [1.807, 2.05) is 11.8 Å². The van der Waals surface area contributed by atoms with Gasteiger partial charge in [0.05, 0.1) is 0 Å². The molecule has 2 N–H and O–H groups in total. The zero-order valence-corrected chi connectivity index (χ0v) is 11.3. The van der Waals surface area contributed by atoms with Crippen molar-refractivity contribution in [2.75, 3.05) is 13.1 Å². The number of nitrogens with zero attached hydrogens (tertiary/aromatic N) is 1. The average molecular weight is 249 g/mol. The van der Waals surface area contributed by atoms with Crippen molar-refractivity contribution in [1.29, 1.82) is 0 Å². The van der Waals surface area contributed by atoms with E-state index in [1.54, 1.807) is 0 Å². The molecule has 0 bridgehead atoms. The third-order valence-electron chi connectivity index (χ3n) is 3.41. The third-order valence-corrected chi connectivity index (χ3v) is 3.41. The number of halogens is 1. The summed E-state index contributed by atoms with van der Waals surface area (Å²) in [5.41, 5.74) is 5.55. The maximum absolute atomic E-state index is 12.1. The lowest BCUT2D eigenvalue weighted by Gasteiger charge is -2.35. The van der Waals surface area contributed by atoms with Crippen LogP contribution in [-0.4, -0.2) is 29.9 Å². The van der Waals surface area contributed by atoms with Gasteiger partial charge in [-0.3, -0.25) is 4.79 Å². The molecule has 4 heteroatoms. The Bertz CT molecular complexity index is 205. The molecule has 0 aromatic carbocycles. The first-order valence-electron chi connectivity index (χ1n) is 6.21. The smallest absolute Gasteiger partial charge is 0.226 e. The van der Waals surface area contributed by atoms with Crippen LogP contribution >= 0.6 is 12.4 Å². The summed E-state index contributed by atoms with van der Waals surface area (Å²) >= 11 is 0. The van der Waals surface area contributed by atoms with Gasteiger partial charge in [0.2, 0.25) is 5.91 Å². The standard InChI is InChI=1S/C12H24N2O.ClH/c1-3-14(12(15)10(2)9-13)11-7-5-4-6-8-11;/h10-11H,3-9,13H2,1-2H3;1H. The molecule has 16 heavy (non-hydrogen) atoms. The number of amides is 1. The molecule has 0 heterocycles. The Morgan fingerprint density at radius 1 is 1.38 bits per heavy atom. The van der Waals surface area contributed by atoms with Gasteiger partial charge in [0, 0.05) is 25.0 Å². The van der Waals surface area contributed by atoms with E-state index in [0.717, 1.165) is 6.54 Å². The van der Waals surface area contributed by atoms with E-state index in [1.165, 1.54) is 32.1 Å². The predicted molar refractivity (Wildman–Crippen MR) is 69.7 cm³/mol. The fraction of sp³-hybridized carbons (Fsp3) is 0.917. The van der Waals surface area contributed by atoms with Gasteiger partial charge in [-0.15, -0.1) is 12.4 Å². The second-order valence-corrected chi connectivity index (χ2v) is 4.55. The normalized spacial score (nSPS) is 18.7. The fourth-order valence-electron chi connectivity index (χ4n) is 2.37. The van der Waals surface area contributed by atoms with Crippen LogP contribution in [0.2, 0.25) is 0 Å². The van der Waals surface area contributed by atoms with Crippen molar-refractivity contribution in [3.05, 3.63) is 0 Å². The highest BCUT2D eigenvalue weighted by atomic mass is 35.5. The first-order chi connectivity index (χ1) is 7.20. The Hall–Kier alpha value is -0.280. The Balaban J connectivity index is 0.00000225. The van der Waals surface area contributed by atoms with Crippen LogP contribution in [0.15, 0.2) is 0 Å². The summed E-state index contributed by atoms with van der Waals surface area (Å²) in [4.78, 5) is 14.1. The van der Waals surface area contributed by atoms with Gasteiger partial charge in [0.1, 0.15) is 0 Å². The van der Waals surface area contributed by atoms with E-state index in [9.17, 15) is 4.79 Å². The highest BCUT2D eigenvalue weighted by molar-refractivity contribution is 5.85. The molecular weight excluding hydrogens is 224 g/mol. The van der Waals surface area contributed by atoms with Crippen molar-refractivity contribution >= 4 is 18.3 Å². The molecule has 1 saturated carbocycles. The molecule has 0 spiro atoms. The molecule has 0 aliphatic heterocycles. The highest BCUT2D eigenvalue weighted by Gasteiger charge is 2.26. The monoisotopic (exact) mass is 248 g/mol. The van der Waals surface area contributed by atoms with Crippen molar-refractivity contribution < 1.29 is 4.79 Å². The van der Waals surface area contributed by atoms with Crippen molar-refractivity contribution in [2.24, 2.45) is 11.7 Å². The SMILES string of the molecule is CCN(C(=O)C(C)CN)C1CCCCC1.Cl.